The average molecular weight is 461 g/mol. The number of methoxy groups -OCH3 is 1. The number of ether oxygens (including phenoxy) is 2. The number of H-pyrrole nitrogens is 1. The largest absolute Gasteiger partial charge is 0.443 e. The predicted octanol–water partition coefficient (Wildman–Crippen LogP) is 3.34. The van der Waals surface area contributed by atoms with Crippen molar-refractivity contribution in [2.75, 3.05) is 12.4 Å². The molecule has 2 fully saturated rings. The number of rotatable bonds is 7. The topological polar surface area (TPSA) is 118 Å². The third-order valence-electron chi connectivity index (χ3n) is 6.19. The van der Waals surface area contributed by atoms with Crippen molar-refractivity contribution in [2.24, 2.45) is 0 Å². The number of nitrogens with zero attached hydrogens (tertiary/aromatic N) is 4. The van der Waals surface area contributed by atoms with Crippen LogP contribution in [0.4, 0.5) is 25.3 Å². The highest BCUT2D eigenvalue weighted by Crippen LogP contribution is 2.39. The van der Waals surface area contributed by atoms with Gasteiger partial charge >= 0.3 is 6.09 Å². The molecule has 0 spiro atoms. The predicted molar refractivity (Wildman–Crippen MR) is 113 cm³/mol. The number of hydrogen-bond donors (Lipinski definition) is 3. The van der Waals surface area contributed by atoms with E-state index in [1.54, 1.807) is 12.3 Å². The molecule has 176 valence electrons. The number of anilines is 2. The van der Waals surface area contributed by atoms with Crippen LogP contribution in [-0.4, -0.2) is 55.6 Å². The van der Waals surface area contributed by atoms with Crippen molar-refractivity contribution in [1.82, 2.24) is 29.9 Å². The Hall–Kier alpha value is -3.28. The average Bonchev–Trinajstić information content (AvgIpc) is 3.15. The summed E-state index contributed by atoms with van der Waals surface area (Å²) in [6, 6.07) is 1.68. The van der Waals surface area contributed by atoms with E-state index in [0.29, 0.717) is 36.0 Å². The number of alkyl halides is 1. The third-order valence-corrected chi connectivity index (χ3v) is 6.19. The second kappa shape index (κ2) is 8.25. The van der Waals surface area contributed by atoms with Crippen LogP contribution in [0.25, 0.3) is 5.65 Å². The molecular formula is C21H25F2N7O3. The van der Waals surface area contributed by atoms with Crippen molar-refractivity contribution in [3.63, 3.8) is 0 Å². The standard InChI is InChI=1S/C21H25F2N7O3/c1-21(5-6-21)27-20(31)33-15-4-3-12(17(15)23)14-7-16(29-28-14)26-19-24-8-13(22)18-25-11(10-32-2)9-30(18)19/h7-9,12,15,17H,3-6,10H2,1-2H3,(H,27,31)(H2,24,26,28,29)/t12-,15-,17-/m1/s1. The minimum absolute atomic E-state index is 0.105. The fourth-order valence-corrected chi connectivity index (χ4v) is 4.11. The maximum atomic E-state index is 15.1. The van der Waals surface area contributed by atoms with E-state index in [9.17, 15) is 9.18 Å². The van der Waals surface area contributed by atoms with Gasteiger partial charge in [0.15, 0.2) is 17.3 Å². The van der Waals surface area contributed by atoms with E-state index in [4.69, 9.17) is 9.47 Å². The smallest absolute Gasteiger partial charge is 0.407 e. The molecule has 33 heavy (non-hydrogen) atoms. The Morgan fingerprint density at radius 2 is 2.21 bits per heavy atom. The molecule has 5 rings (SSSR count). The number of aromatic amines is 1. The molecule has 3 atom stereocenters. The molecule has 12 heteroatoms. The second-order valence-electron chi connectivity index (χ2n) is 8.88. The van der Waals surface area contributed by atoms with E-state index in [1.165, 1.54) is 11.5 Å². The summed E-state index contributed by atoms with van der Waals surface area (Å²) in [7, 11) is 1.53. The first-order chi connectivity index (χ1) is 15.8. The summed E-state index contributed by atoms with van der Waals surface area (Å²) < 4.78 is 41.0. The number of aromatic nitrogens is 5. The minimum Gasteiger partial charge on any atom is -0.443 e. The van der Waals surface area contributed by atoms with Crippen LogP contribution in [0.15, 0.2) is 18.5 Å². The molecule has 0 aromatic carbocycles. The van der Waals surface area contributed by atoms with Gasteiger partial charge in [-0.1, -0.05) is 0 Å². The molecule has 0 bridgehead atoms. The normalized spacial score (nSPS) is 23.6. The van der Waals surface area contributed by atoms with E-state index in [0.717, 1.165) is 19.0 Å². The van der Waals surface area contributed by atoms with Crippen molar-refractivity contribution in [2.45, 2.75) is 62.9 Å². The number of nitrogens with one attached hydrogen (secondary N) is 3. The monoisotopic (exact) mass is 461 g/mol. The van der Waals surface area contributed by atoms with Crippen LogP contribution in [0.1, 0.15) is 49.9 Å². The second-order valence-corrected chi connectivity index (χ2v) is 8.88. The molecule has 0 unspecified atom stereocenters. The maximum Gasteiger partial charge on any atom is 0.407 e. The van der Waals surface area contributed by atoms with Crippen LogP contribution in [0.3, 0.4) is 0 Å². The van der Waals surface area contributed by atoms with E-state index in [1.807, 2.05) is 6.92 Å². The fraction of sp³-hybridized carbons (Fsp3) is 0.524. The lowest BCUT2D eigenvalue weighted by atomic mass is 10.0. The highest BCUT2D eigenvalue weighted by atomic mass is 19.1. The van der Waals surface area contributed by atoms with Crippen LogP contribution in [0, 0.1) is 5.82 Å². The zero-order chi connectivity index (χ0) is 23.2. The lowest BCUT2D eigenvalue weighted by molar-refractivity contribution is 0.0546. The van der Waals surface area contributed by atoms with Crippen molar-refractivity contribution >= 4 is 23.5 Å². The van der Waals surface area contributed by atoms with E-state index >= 15 is 4.39 Å². The van der Waals surface area contributed by atoms with Gasteiger partial charge in [0.25, 0.3) is 0 Å². The Morgan fingerprint density at radius 3 is 2.97 bits per heavy atom. The maximum absolute atomic E-state index is 15.1. The first-order valence-electron chi connectivity index (χ1n) is 10.8. The van der Waals surface area contributed by atoms with Crippen molar-refractivity contribution in [3.8, 4) is 0 Å². The van der Waals surface area contributed by atoms with Crippen LogP contribution in [0.2, 0.25) is 0 Å². The van der Waals surface area contributed by atoms with Crippen LogP contribution in [0.5, 0.6) is 0 Å². The summed E-state index contributed by atoms with van der Waals surface area (Å²) in [6.45, 7) is 2.16. The number of alkyl carbamates (subject to hydrolysis) is 1. The van der Waals surface area contributed by atoms with Gasteiger partial charge in [-0.2, -0.15) is 5.10 Å². The molecule has 2 saturated carbocycles. The Bertz CT molecular complexity index is 1180. The zero-order valence-electron chi connectivity index (χ0n) is 18.3. The Kier molecular flexibility index (Phi) is 5.39. The number of carbonyl (C=O) groups is 1. The number of fused-ring (bicyclic) bond motifs is 1. The van der Waals surface area contributed by atoms with Gasteiger partial charge in [0.1, 0.15) is 12.3 Å². The summed E-state index contributed by atoms with van der Waals surface area (Å²) in [5.74, 6) is -0.356. The van der Waals surface area contributed by atoms with E-state index in [2.05, 4.69) is 30.8 Å². The zero-order valence-corrected chi connectivity index (χ0v) is 18.3. The molecule has 10 nitrogen and oxygen atoms in total. The molecular weight excluding hydrogens is 436 g/mol. The number of imidazole rings is 1. The molecule has 0 radical (unpaired) electrons. The van der Waals surface area contributed by atoms with Gasteiger partial charge in [0, 0.05) is 36.5 Å². The highest BCUT2D eigenvalue weighted by Gasteiger charge is 2.43. The molecule has 3 N–H and O–H groups in total. The van der Waals surface area contributed by atoms with Crippen molar-refractivity contribution in [1.29, 1.82) is 0 Å². The lowest BCUT2D eigenvalue weighted by Gasteiger charge is -2.19. The van der Waals surface area contributed by atoms with Gasteiger partial charge in [-0.3, -0.25) is 9.50 Å². The van der Waals surface area contributed by atoms with Gasteiger partial charge in [0.05, 0.1) is 18.5 Å². The fourth-order valence-electron chi connectivity index (χ4n) is 4.11. The minimum atomic E-state index is -1.35. The number of halogens is 2. The first-order valence-corrected chi connectivity index (χ1v) is 10.8. The van der Waals surface area contributed by atoms with Gasteiger partial charge in [-0.15, -0.1) is 0 Å². The van der Waals surface area contributed by atoms with E-state index < -0.39 is 30.1 Å². The summed E-state index contributed by atoms with van der Waals surface area (Å²) in [6.07, 6.45) is 2.70. The number of amides is 1. The molecule has 2 aliphatic rings. The summed E-state index contributed by atoms with van der Waals surface area (Å²) in [5, 5.41) is 12.8. The molecule has 0 aliphatic heterocycles. The molecule has 3 aromatic heterocycles. The summed E-state index contributed by atoms with van der Waals surface area (Å²) in [5.41, 5.74) is 1.01. The summed E-state index contributed by atoms with van der Waals surface area (Å²) in [4.78, 5) is 20.3. The van der Waals surface area contributed by atoms with Gasteiger partial charge in [0.2, 0.25) is 5.95 Å². The first kappa shape index (κ1) is 21.6. The van der Waals surface area contributed by atoms with Crippen LogP contribution >= 0.6 is 0 Å². The Balaban J connectivity index is 1.27. The summed E-state index contributed by atoms with van der Waals surface area (Å²) >= 11 is 0. The third kappa shape index (κ3) is 4.34. The Labute approximate surface area is 188 Å². The highest BCUT2D eigenvalue weighted by molar-refractivity contribution is 5.69. The quantitative estimate of drug-likeness (QED) is 0.494. The van der Waals surface area contributed by atoms with Gasteiger partial charge in [-0.05, 0) is 32.6 Å². The van der Waals surface area contributed by atoms with Gasteiger partial charge in [-0.25, -0.2) is 23.5 Å². The van der Waals surface area contributed by atoms with Crippen molar-refractivity contribution < 1.29 is 23.0 Å². The molecule has 3 aromatic rings. The number of hydrogen-bond acceptors (Lipinski definition) is 7. The van der Waals surface area contributed by atoms with Crippen LogP contribution < -0.4 is 10.6 Å². The van der Waals surface area contributed by atoms with Crippen molar-refractivity contribution in [3.05, 3.63) is 35.7 Å². The van der Waals surface area contributed by atoms with E-state index in [-0.39, 0.29) is 17.8 Å². The molecule has 3 heterocycles. The molecule has 2 aliphatic carbocycles. The molecule has 1 amide bonds. The number of carbonyl (C=O) groups excluding carboxylic acids is 1. The molecule has 0 saturated heterocycles. The SMILES string of the molecule is COCc1cn2c(Nc3cc([C@H]4CC[C@@H](OC(=O)NC5(C)CC5)[C@@H]4F)[nH]n3)ncc(F)c2n1. The van der Waals surface area contributed by atoms with Crippen LogP contribution in [-0.2, 0) is 16.1 Å². The lowest BCUT2D eigenvalue weighted by Crippen LogP contribution is -2.38. The van der Waals surface area contributed by atoms with Gasteiger partial charge < -0.3 is 20.1 Å². The Morgan fingerprint density at radius 1 is 1.39 bits per heavy atom.